The Morgan fingerprint density at radius 1 is 1.56 bits per heavy atom. The summed E-state index contributed by atoms with van der Waals surface area (Å²) in [6.45, 7) is 4.49. The van der Waals surface area contributed by atoms with Gasteiger partial charge in [-0.25, -0.2) is 0 Å². The van der Waals surface area contributed by atoms with Crippen molar-refractivity contribution in [1.29, 1.82) is 0 Å². The van der Waals surface area contributed by atoms with Crippen LogP contribution >= 0.6 is 12.9 Å². The molecule has 0 aliphatic carbocycles. The summed E-state index contributed by atoms with van der Waals surface area (Å²) in [6.07, 6.45) is 0.141. The summed E-state index contributed by atoms with van der Waals surface area (Å²) in [5.41, 5.74) is 0. The first-order valence-electron chi connectivity index (χ1n) is 3.08. The molecule has 0 unspecified atom stereocenters. The molecule has 0 heterocycles. The predicted octanol–water partition coefficient (Wildman–Crippen LogP) is 0.232. The van der Waals surface area contributed by atoms with E-state index in [9.17, 15) is 0 Å². The molecule has 9 heavy (non-hydrogen) atoms. The van der Waals surface area contributed by atoms with E-state index in [1.807, 2.05) is 21.7 Å². The van der Waals surface area contributed by atoms with Crippen molar-refractivity contribution in [1.82, 2.24) is 0 Å². The molecule has 2 nitrogen and oxygen atoms in total. The molecule has 0 fully saturated rings. The van der Waals surface area contributed by atoms with Crippen LogP contribution in [0.3, 0.4) is 0 Å². The Morgan fingerprint density at radius 2 is 2.11 bits per heavy atom. The number of ether oxygens (including phenoxy) is 1. The number of hydrogen-bond donors (Lipinski definition) is 1. The molecular weight excluding hydrogens is 135 g/mol. The second-order valence-electron chi connectivity index (χ2n) is 2.29. The summed E-state index contributed by atoms with van der Waals surface area (Å²) in [7, 11) is 2.00. The van der Waals surface area contributed by atoms with E-state index in [1.54, 1.807) is 0 Å². The van der Waals surface area contributed by atoms with Gasteiger partial charge in [0, 0.05) is 6.00 Å². The van der Waals surface area contributed by atoms with Gasteiger partial charge in [-0.05, 0) is 26.8 Å². The minimum atomic E-state index is 0.141. The van der Waals surface area contributed by atoms with Crippen LogP contribution in [-0.2, 0) is 8.92 Å². The summed E-state index contributed by atoms with van der Waals surface area (Å²) in [6, 6.07) is 0.267. The van der Waals surface area contributed by atoms with Crippen LogP contribution in [0, 0.1) is 0 Å². The van der Waals surface area contributed by atoms with E-state index >= 15 is 0 Å². The number of rotatable bonds is 4. The molecular formula is C5H13BO2S. The van der Waals surface area contributed by atoms with Gasteiger partial charge in [0.25, 0.3) is 0 Å². The van der Waals surface area contributed by atoms with Gasteiger partial charge in [0.15, 0.2) is 0 Å². The maximum Gasteiger partial charge on any atom is 0.138 e. The monoisotopic (exact) mass is 148 g/mol. The summed E-state index contributed by atoms with van der Waals surface area (Å²) in [5.74, 6) is 0. The molecule has 0 bridgehead atoms. The zero-order chi connectivity index (χ0) is 7.28. The molecule has 0 spiro atoms. The lowest BCUT2D eigenvalue weighted by Crippen LogP contribution is -2.20. The van der Waals surface area contributed by atoms with Gasteiger partial charge in [0.05, 0.1) is 12.7 Å². The summed E-state index contributed by atoms with van der Waals surface area (Å²) < 4.78 is 9.89. The third-order valence-electron chi connectivity index (χ3n) is 0.814. The quantitative estimate of drug-likeness (QED) is 0.349. The fourth-order valence-electron chi connectivity index (χ4n) is 0.609. The Balaban J connectivity index is 3.15. The van der Waals surface area contributed by atoms with Crippen molar-refractivity contribution in [2.45, 2.75) is 26.0 Å². The summed E-state index contributed by atoms with van der Waals surface area (Å²) >= 11 is 3.60. The van der Waals surface area contributed by atoms with Crippen LogP contribution < -0.4 is 0 Å². The lowest BCUT2D eigenvalue weighted by Gasteiger charge is -2.13. The van der Waals surface area contributed by atoms with E-state index in [2.05, 4.69) is 17.1 Å². The van der Waals surface area contributed by atoms with E-state index < -0.39 is 0 Å². The first-order chi connectivity index (χ1) is 4.16. The maximum absolute atomic E-state index is 5.32. The molecule has 4 heteroatoms. The fraction of sp³-hybridized carbons (Fsp3) is 1.00. The molecule has 0 aromatic heterocycles. The largest absolute Gasteiger partial charge is 0.382 e. The van der Waals surface area contributed by atoms with Crippen LogP contribution in [0.2, 0.25) is 0 Å². The van der Waals surface area contributed by atoms with E-state index in [0.29, 0.717) is 6.61 Å². The smallest absolute Gasteiger partial charge is 0.138 e. The molecule has 0 aromatic rings. The van der Waals surface area contributed by atoms with Crippen molar-refractivity contribution in [2.75, 3.05) is 6.61 Å². The Bertz CT molecular complexity index is 70.0. The molecule has 0 amide bonds. The first kappa shape index (κ1) is 9.33. The summed E-state index contributed by atoms with van der Waals surface area (Å²) in [4.78, 5) is 0. The molecule has 0 radical (unpaired) electrons. The first-order valence-corrected chi connectivity index (χ1v) is 3.45. The highest BCUT2D eigenvalue weighted by Gasteiger charge is 2.02. The van der Waals surface area contributed by atoms with E-state index in [-0.39, 0.29) is 12.1 Å². The second-order valence-corrected chi connectivity index (χ2v) is 2.55. The Morgan fingerprint density at radius 3 is 2.44 bits per heavy atom. The Kier molecular flexibility index (Phi) is 5.34. The maximum atomic E-state index is 5.32. The van der Waals surface area contributed by atoms with Crippen LogP contribution in [0.4, 0.5) is 0 Å². The number of hydrogen-bond acceptors (Lipinski definition) is 3. The Labute approximate surface area is 62.9 Å². The van der Waals surface area contributed by atoms with Crippen LogP contribution in [0.15, 0.2) is 0 Å². The molecule has 0 aromatic carbocycles. The average molecular weight is 148 g/mol. The van der Waals surface area contributed by atoms with E-state index in [0.717, 1.165) is 0 Å². The van der Waals surface area contributed by atoms with Gasteiger partial charge in [-0.3, -0.25) is 0 Å². The van der Waals surface area contributed by atoms with Crippen LogP contribution in [-0.4, -0.2) is 26.6 Å². The third kappa shape index (κ3) is 6.22. The molecule has 2 atom stereocenters. The predicted molar refractivity (Wildman–Crippen MR) is 43.5 cm³/mol. The van der Waals surface area contributed by atoms with Crippen molar-refractivity contribution in [3.63, 3.8) is 0 Å². The minimum absolute atomic E-state index is 0.141. The SMILES string of the molecule is B[C@@H](C)O[C@@H](C)COS. The molecule has 0 aliphatic heterocycles. The van der Waals surface area contributed by atoms with Gasteiger partial charge in [-0.1, -0.05) is 0 Å². The van der Waals surface area contributed by atoms with Gasteiger partial charge in [-0.2, -0.15) is 0 Å². The third-order valence-corrected chi connectivity index (χ3v) is 0.963. The standard InChI is InChI=1S/C5H13BO2S/c1-4(3-7-9)8-5(2)6/h4-5,9H,3,6H2,1-2H3/t4-,5+/m0/s1. The Hall–Kier alpha value is 0.335. The molecule has 0 rings (SSSR count). The molecule has 54 valence electrons. The van der Waals surface area contributed by atoms with Crippen molar-refractivity contribution in [3.05, 3.63) is 0 Å². The lowest BCUT2D eigenvalue weighted by atomic mass is 10.0. The highest BCUT2D eigenvalue weighted by molar-refractivity contribution is 7.75. The summed E-state index contributed by atoms with van der Waals surface area (Å²) in [5, 5.41) is 0. The minimum Gasteiger partial charge on any atom is -0.382 e. The van der Waals surface area contributed by atoms with Gasteiger partial charge in [-0.15, -0.1) is 0 Å². The average Bonchev–Trinajstić information content (AvgIpc) is 1.63. The second kappa shape index (κ2) is 5.15. The van der Waals surface area contributed by atoms with Crippen LogP contribution in [0.1, 0.15) is 13.8 Å². The van der Waals surface area contributed by atoms with Gasteiger partial charge in [0.1, 0.15) is 7.85 Å². The van der Waals surface area contributed by atoms with Gasteiger partial charge >= 0.3 is 0 Å². The van der Waals surface area contributed by atoms with E-state index in [1.165, 1.54) is 0 Å². The van der Waals surface area contributed by atoms with Crippen molar-refractivity contribution in [2.24, 2.45) is 0 Å². The van der Waals surface area contributed by atoms with Crippen LogP contribution in [0.25, 0.3) is 0 Å². The van der Waals surface area contributed by atoms with E-state index in [4.69, 9.17) is 4.74 Å². The highest BCUT2D eigenvalue weighted by Crippen LogP contribution is 1.95. The lowest BCUT2D eigenvalue weighted by molar-refractivity contribution is 0.0262. The molecule has 0 saturated carbocycles. The van der Waals surface area contributed by atoms with Gasteiger partial charge < -0.3 is 8.92 Å². The highest BCUT2D eigenvalue weighted by atomic mass is 32.1. The molecule has 0 N–H and O–H groups in total. The van der Waals surface area contributed by atoms with Crippen molar-refractivity contribution in [3.8, 4) is 0 Å². The van der Waals surface area contributed by atoms with Crippen molar-refractivity contribution >= 4 is 20.8 Å². The number of thiol groups is 1. The zero-order valence-corrected chi connectivity index (χ0v) is 7.02. The van der Waals surface area contributed by atoms with Crippen molar-refractivity contribution < 1.29 is 8.92 Å². The molecule has 0 saturated heterocycles. The fourth-order valence-corrected chi connectivity index (χ4v) is 0.819. The van der Waals surface area contributed by atoms with Gasteiger partial charge in [0.2, 0.25) is 0 Å². The topological polar surface area (TPSA) is 18.5 Å². The molecule has 0 aliphatic rings. The zero-order valence-electron chi connectivity index (χ0n) is 6.13. The normalized spacial score (nSPS) is 17.2. The van der Waals surface area contributed by atoms with Crippen LogP contribution in [0.5, 0.6) is 0 Å².